The third-order valence-electron chi connectivity index (χ3n) is 3.20. The van der Waals surface area contributed by atoms with Gasteiger partial charge in [0, 0.05) is 6.54 Å². The molecule has 1 atom stereocenters. The number of carbonyl (C=O) groups excluding carboxylic acids is 1. The minimum Gasteiger partial charge on any atom is -0.391 e. The van der Waals surface area contributed by atoms with Crippen LogP contribution in [0.2, 0.25) is 0 Å². The number of nitrogens with two attached hydrogens (primary N) is 1. The Balaban J connectivity index is 2.71. The Bertz CT molecular complexity index is 414. The molecular weight excluding hydrogens is 228 g/mol. The lowest BCUT2D eigenvalue weighted by Gasteiger charge is -2.29. The first-order valence-corrected chi connectivity index (χ1v) is 6.12. The summed E-state index contributed by atoms with van der Waals surface area (Å²) < 4.78 is 0. The number of hydrogen-bond acceptors (Lipinski definition) is 3. The van der Waals surface area contributed by atoms with Crippen LogP contribution in [-0.2, 0) is 17.8 Å². The topological polar surface area (TPSA) is 75.3 Å². The van der Waals surface area contributed by atoms with E-state index < -0.39 is 11.6 Å². The molecule has 4 heteroatoms. The molecule has 0 saturated heterocycles. The molecule has 4 N–H and O–H groups in total. The van der Waals surface area contributed by atoms with Gasteiger partial charge in [-0.25, -0.2) is 0 Å². The molecule has 4 nitrogen and oxygen atoms in total. The lowest BCUT2D eigenvalue weighted by Crippen LogP contribution is -2.51. The van der Waals surface area contributed by atoms with Crippen molar-refractivity contribution in [3.05, 3.63) is 35.4 Å². The van der Waals surface area contributed by atoms with Crippen LogP contribution in [0, 0.1) is 0 Å². The highest BCUT2D eigenvalue weighted by atomic mass is 16.3. The zero-order valence-electron chi connectivity index (χ0n) is 11.2. The summed E-state index contributed by atoms with van der Waals surface area (Å²) in [6.45, 7) is 5.67. The van der Waals surface area contributed by atoms with Gasteiger partial charge in [0.05, 0.1) is 18.1 Å². The van der Waals surface area contributed by atoms with Crippen molar-refractivity contribution in [1.82, 2.24) is 5.32 Å². The van der Waals surface area contributed by atoms with Gasteiger partial charge in [-0.3, -0.25) is 4.79 Å². The second kappa shape index (κ2) is 5.98. The molecule has 0 aliphatic heterocycles. The lowest BCUT2D eigenvalue weighted by atomic mass is 9.97. The van der Waals surface area contributed by atoms with E-state index in [0.717, 1.165) is 11.1 Å². The standard InChI is InChI=1S/C14H22N2O2/c1-10(17)14(2,3)16-13(18)8-11-6-4-5-7-12(11)9-15/h4-7,10,17H,8-9,15H2,1-3H3,(H,16,18). The Morgan fingerprint density at radius 1 is 1.39 bits per heavy atom. The number of benzene rings is 1. The largest absolute Gasteiger partial charge is 0.391 e. The van der Waals surface area contributed by atoms with Gasteiger partial charge in [0.2, 0.25) is 5.91 Å². The van der Waals surface area contributed by atoms with Crippen LogP contribution < -0.4 is 11.1 Å². The second-order valence-electron chi connectivity index (χ2n) is 5.10. The third kappa shape index (κ3) is 3.82. The first kappa shape index (κ1) is 14.7. The fourth-order valence-electron chi connectivity index (χ4n) is 1.61. The molecule has 0 aromatic heterocycles. The van der Waals surface area contributed by atoms with Gasteiger partial charge in [0.15, 0.2) is 0 Å². The van der Waals surface area contributed by atoms with E-state index >= 15 is 0 Å². The van der Waals surface area contributed by atoms with Gasteiger partial charge >= 0.3 is 0 Å². The zero-order chi connectivity index (χ0) is 13.8. The van der Waals surface area contributed by atoms with Gasteiger partial charge in [0.1, 0.15) is 0 Å². The van der Waals surface area contributed by atoms with Crippen LogP contribution in [0.25, 0.3) is 0 Å². The quantitative estimate of drug-likeness (QED) is 0.728. The maximum absolute atomic E-state index is 11.9. The predicted octanol–water partition coefficient (Wildman–Crippen LogP) is 0.963. The fraction of sp³-hybridized carbons (Fsp3) is 0.500. The molecule has 100 valence electrons. The molecular formula is C14H22N2O2. The normalized spacial score (nSPS) is 13.2. The molecule has 1 aromatic rings. The van der Waals surface area contributed by atoms with E-state index in [2.05, 4.69) is 5.32 Å². The van der Waals surface area contributed by atoms with Gasteiger partial charge in [-0.15, -0.1) is 0 Å². The Morgan fingerprint density at radius 2 is 1.94 bits per heavy atom. The smallest absolute Gasteiger partial charge is 0.224 e. The number of aliphatic hydroxyl groups excluding tert-OH is 1. The molecule has 0 spiro atoms. The average molecular weight is 250 g/mol. The first-order valence-electron chi connectivity index (χ1n) is 6.12. The van der Waals surface area contributed by atoms with E-state index in [1.165, 1.54) is 0 Å². The minimum absolute atomic E-state index is 0.109. The van der Waals surface area contributed by atoms with Crippen LogP contribution in [0.15, 0.2) is 24.3 Å². The highest BCUT2D eigenvalue weighted by Crippen LogP contribution is 2.12. The molecule has 0 saturated carbocycles. The van der Waals surface area contributed by atoms with Gasteiger partial charge in [-0.05, 0) is 31.9 Å². The summed E-state index contributed by atoms with van der Waals surface area (Å²) in [6, 6.07) is 7.62. The summed E-state index contributed by atoms with van der Waals surface area (Å²) in [5.74, 6) is -0.109. The monoisotopic (exact) mass is 250 g/mol. The Hall–Kier alpha value is -1.39. The van der Waals surface area contributed by atoms with E-state index in [9.17, 15) is 9.90 Å². The minimum atomic E-state index is -0.630. The Kier molecular flexibility index (Phi) is 4.87. The SMILES string of the molecule is CC(O)C(C)(C)NC(=O)Cc1ccccc1CN. The molecule has 0 heterocycles. The summed E-state index contributed by atoms with van der Waals surface area (Å²) in [5, 5.41) is 12.4. The summed E-state index contributed by atoms with van der Waals surface area (Å²) in [4.78, 5) is 11.9. The second-order valence-corrected chi connectivity index (χ2v) is 5.10. The predicted molar refractivity (Wildman–Crippen MR) is 71.9 cm³/mol. The van der Waals surface area contributed by atoms with Crippen LogP contribution >= 0.6 is 0 Å². The van der Waals surface area contributed by atoms with Crippen molar-refractivity contribution in [2.75, 3.05) is 0 Å². The Labute approximate surface area is 108 Å². The Morgan fingerprint density at radius 3 is 2.44 bits per heavy atom. The fourth-order valence-corrected chi connectivity index (χ4v) is 1.61. The maximum atomic E-state index is 11.9. The number of aliphatic hydroxyl groups is 1. The molecule has 0 bridgehead atoms. The van der Waals surface area contributed by atoms with E-state index in [4.69, 9.17) is 5.73 Å². The lowest BCUT2D eigenvalue weighted by molar-refractivity contribution is -0.123. The van der Waals surface area contributed by atoms with E-state index in [1.54, 1.807) is 20.8 Å². The molecule has 0 aliphatic rings. The maximum Gasteiger partial charge on any atom is 0.224 e. The van der Waals surface area contributed by atoms with Gasteiger partial charge in [-0.2, -0.15) is 0 Å². The number of carbonyl (C=O) groups is 1. The van der Waals surface area contributed by atoms with Crippen LogP contribution in [0.4, 0.5) is 0 Å². The van der Waals surface area contributed by atoms with Crippen LogP contribution in [0.3, 0.4) is 0 Å². The molecule has 1 aromatic carbocycles. The third-order valence-corrected chi connectivity index (χ3v) is 3.20. The van der Waals surface area contributed by atoms with Crippen LogP contribution in [0.5, 0.6) is 0 Å². The molecule has 18 heavy (non-hydrogen) atoms. The summed E-state index contributed by atoms with van der Waals surface area (Å²) in [5.41, 5.74) is 6.90. The summed E-state index contributed by atoms with van der Waals surface area (Å²) in [6.07, 6.45) is -0.324. The van der Waals surface area contributed by atoms with Gasteiger partial charge < -0.3 is 16.2 Å². The van der Waals surface area contributed by atoms with Crippen molar-refractivity contribution in [3.63, 3.8) is 0 Å². The van der Waals surface area contributed by atoms with E-state index in [-0.39, 0.29) is 12.3 Å². The molecule has 0 fully saturated rings. The van der Waals surface area contributed by atoms with Crippen molar-refractivity contribution in [3.8, 4) is 0 Å². The highest BCUT2D eigenvalue weighted by Gasteiger charge is 2.25. The van der Waals surface area contributed by atoms with Crippen molar-refractivity contribution in [1.29, 1.82) is 0 Å². The molecule has 0 aliphatic carbocycles. The molecule has 1 rings (SSSR count). The van der Waals surface area contributed by atoms with Crippen LogP contribution in [0.1, 0.15) is 31.9 Å². The van der Waals surface area contributed by atoms with Crippen molar-refractivity contribution in [2.45, 2.75) is 45.4 Å². The molecule has 1 amide bonds. The highest BCUT2D eigenvalue weighted by molar-refractivity contribution is 5.79. The molecule has 1 unspecified atom stereocenters. The number of hydrogen-bond donors (Lipinski definition) is 3. The van der Waals surface area contributed by atoms with Crippen LogP contribution in [-0.4, -0.2) is 22.7 Å². The van der Waals surface area contributed by atoms with Crippen molar-refractivity contribution >= 4 is 5.91 Å². The number of rotatable bonds is 5. The summed E-state index contributed by atoms with van der Waals surface area (Å²) in [7, 11) is 0. The van der Waals surface area contributed by atoms with Gasteiger partial charge in [-0.1, -0.05) is 24.3 Å². The first-order chi connectivity index (χ1) is 8.36. The number of nitrogens with one attached hydrogen (secondary N) is 1. The van der Waals surface area contributed by atoms with Gasteiger partial charge in [0.25, 0.3) is 0 Å². The number of amides is 1. The zero-order valence-corrected chi connectivity index (χ0v) is 11.2. The molecule has 0 radical (unpaired) electrons. The van der Waals surface area contributed by atoms with Crippen molar-refractivity contribution in [2.24, 2.45) is 5.73 Å². The van der Waals surface area contributed by atoms with E-state index in [0.29, 0.717) is 6.54 Å². The average Bonchev–Trinajstić information content (AvgIpc) is 2.28. The summed E-state index contributed by atoms with van der Waals surface area (Å²) >= 11 is 0. The van der Waals surface area contributed by atoms with Crippen molar-refractivity contribution < 1.29 is 9.90 Å². The van der Waals surface area contributed by atoms with E-state index in [1.807, 2.05) is 24.3 Å².